The number of methoxy groups -OCH3 is 2. The molecule has 0 N–H and O–H groups in total. The second-order valence-electron chi connectivity index (χ2n) is 5.25. The molecule has 1 aromatic carbocycles. The molecule has 0 fully saturated rings. The molecular weight excluding hydrogens is 320 g/mol. The van der Waals surface area contributed by atoms with Gasteiger partial charge in [-0.25, -0.2) is 0 Å². The summed E-state index contributed by atoms with van der Waals surface area (Å²) in [4.78, 5) is 13.1. The maximum atomic E-state index is 12.4. The Morgan fingerprint density at radius 3 is 2.54 bits per heavy atom. The minimum Gasteiger partial charge on any atom is -0.496 e. The number of rotatable bonds is 7. The highest BCUT2D eigenvalue weighted by Crippen LogP contribution is 2.34. The second kappa shape index (κ2) is 8.41. The molecule has 0 aliphatic heterocycles. The van der Waals surface area contributed by atoms with Gasteiger partial charge in [0, 0.05) is 4.86 Å². The fraction of sp³-hybridized carbons (Fsp3) is 0.200. The maximum absolute atomic E-state index is 12.4. The standard InChI is InChI=1S/C20H20O3S/c1-4-5-15-8-13-19(22-2)17(20(15)23-3)11-12-18(21)14-6-9-16(24)10-7-14/h4,6-14H,1,5H2,2-3H3/b12-11+. The molecule has 2 rings (SSSR count). The highest BCUT2D eigenvalue weighted by molar-refractivity contribution is 7.81. The highest BCUT2D eigenvalue weighted by atomic mass is 32.1. The predicted octanol–water partition coefficient (Wildman–Crippen LogP) is 4.13. The molecule has 3 nitrogen and oxygen atoms in total. The van der Waals surface area contributed by atoms with E-state index in [9.17, 15) is 4.79 Å². The third-order valence-electron chi connectivity index (χ3n) is 3.70. The minimum atomic E-state index is -0.290. The van der Waals surface area contributed by atoms with Crippen molar-refractivity contribution in [2.75, 3.05) is 14.2 Å². The molecule has 1 aliphatic carbocycles. The molecule has 0 saturated heterocycles. The van der Waals surface area contributed by atoms with Crippen molar-refractivity contribution >= 4 is 28.9 Å². The predicted molar refractivity (Wildman–Crippen MR) is 102 cm³/mol. The van der Waals surface area contributed by atoms with E-state index >= 15 is 0 Å². The van der Waals surface area contributed by atoms with Crippen molar-refractivity contribution in [3.05, 3.63) is 66.3 Å². The van der Waals surface area contributed by atoms with Crippen molar-refractivity contribution in [3.63, 3.8) is 0 Å². The van der Waals surface area contributed by atoms with Crippen molar-refractivity contribution in [3.8, 4) is 11.5 Å². The Morgan fingerprint density at radius 2 is 1.96 bits per heavy atom. The number of hydrogen-bond donors (Lipinski definition) is 0. The normalized spacial score (nSPS) is 14.2. The summed E-state index contributed by atoms with van der Waals surface area (Å²) in [5.41, 5.74) is 1.73. The summed E-state index contributed by atoms with van der Waals surface area (Å²) in [6, 6.07) is 3.80. The molecule has 0 amide bonds. The third-order valence-corrected chi connectivity index (χ3v) is 3.98. The first-order chi connectivity index (χ1) is 11.6. The van der Waals surface area contributed by atoms with Gasteiger partial charge in [0.05, 0.1) is 25.7 Å². The molecule has 0 bridgehead atoms. The molecule has 1 aliphatic rings. The monoisotopic (exact) mass is 340 g/mol. The van der Waals surface area contributed by atoms with Gasteiger partial charge < -0.3 is 9.47 Å². The molecule has 0 atom stereocenters. The Morgan fingerprint density at radius 1 is 1.25 bits per heavy atom. The first-order valence-corrected chi connectivity index (χ1v) is 7.98. The Labute approximate surface area is 148 Å². The fourth-order valence-corrected chi connectivity index (χ4v) is 2.66. The van der Waals surface area contributed by atoms with Crippen molar-refractivity contribution in [2.45, 2.75) is 6.42 Å². The van der Waals surface area contributed by atoms with Crippen LogP contribution in [0.2, 0.25) is 0 Å². The summed E-state index contributed by atoms with van der Waals surface area (Å²) in [7, 11) is 3.20. The van der Waals surface area contributed by atoms with Gasteiger partial charge in [-0.2, -0.15) is 0 Å². The molecule has 24 heavy (non-hydrogen) atoms. The largest absolute Gasteiger partial charge is 0.496 e. The number of ether oxygens (including phenoxy) is 2. The third kappa shape index (κ3) is 4.09. The average molecular weight is 340 g/mol. The summed E-state index contributed by atoms with van der Waals surface area (Å²) in [5.74, 6) is 1.03. The summed E-state index contributed by atoms with van der Waals surface area (Å²) in [6.07, 6.45) is 12.9. The topological polar surface area (TPSA) is 35.5 Å². The molecule has 1 aromatic rings. The Hall–Kier alpha value is -2.46. The van der Waals surface area contributed by atoms with E-state index in [4.69, 9.17) is 21.7 Å². The van der Waals surface area contributed by atoms with Gasteiger partial charge in [0.15, 0.2) is 5.78 Å². The number of ketones is 1. The van der Waals surface area contributed by atoms with E-state index in [0.717, 1.165) is 16.0 Å². The van der Waals surface area contributed by atoms with Crippen LogP contribution in [0.3, 0.4) is 0 Å². The van der Waals surface area contributed by atoms with E-state index in [2.05, 4.69) is 6.58 Å². The maximum Gasteiger partial charge on any atom is 0.166 e. The van der Waals surface area contributed by atoms with Gasteiger partial charge in [-0.05, 0) is 42.4 Å². The lowest BCUT2D eigenvalue weighted by Crippen LogP contribution is -2.09. The zero-order valence-corrected chi connectivity index (χ0v) is 14.6. The Balaban J connectivity index is 2.33. The number of carbonyl (C=O) groups is 1. The summed E-state index contributed by atoms with van der Waals surface area (Å²) in [5, 5.41) is 0. The van der Waals surface area contributed by atoms with Crippen LogP contribution >= 0.6 is 12.2 Å². The van der Waals surface area contributed by atoms with E-state index in [1.165, 1.54) is 0 Å². The van der Waals surface area contributed by atoms with Crippen molar-refractivity contribution in [1.82, 2.24) is 0 Å². The van der Waals surface area contributed by atoms with Crippen LogP contribution in [0.15, 0.2) is 55.2 Å². The SMILES string of the molecule is C=CCc1ccc(OC)c(/C=C/C(=O)C2C=CC(=S)C=C2)c1OC. The van der Waals surface area contributed by atoms with E-state index in [0.29, 0.717) is 17.9 Å². The van der Waals surface area contributed by atoms with Crippen LogP contribution in [0.5, 0.6) is 11.5 Å². The van der Waals surface area contributed by atoms with Gasteiger partial charge in [-0.15, -0.1) is 6.58 Å². The van der Waals surface area contributed by atoms with Crippen LogP contribution in [0.25, 0.3) is 6.08 Å². The van der Waals surface area contributed by atoms with Gasteiger partial charge in [-0.3, -0.25) is 4.79 Å². The van der Waals surface area contributed by atoms with Gasteiger partial charge in [0.2, 0.25) is 0 Å². The summed E-state index contributed by atoms with van der Waals surface area (Å²) < 4.78 is 10.9. The number of hydrogen-bond acceptors (Lipinski definition) is 4. The summed E-state index contributed by atoms with van der Waals surface area (Å²) in [6.45, 7) is 3.76. The van der Waals surface area contributed by atoms with Crippen molar-refractivity contribution in [2.24, 2.45) is 5.92 Å². The molecule has 124 valence electrons. The van der Waals surface area contributed by atoms with Crippen LogP contribution in [-0.4, -0.2) is 24.9 Å². The minimum absolute atomic E-state index is 0.0248. The smallest absolute Gasteiger partial charge is 0.166 e. The van der Waals surface area contributed by atoms with Crippen molar-refractivity contribution < 1.29 is 14.3 Å². The highest BCUT2D eigenvalue weighted by Gasteiger charge is 2.15. The molecule has 0 saturated carbocycles. The first kappa shape index (κ1) is 17.9. The molecule has 0 radical (unpaired) electrons. The number of benzene rings is 1. The molecule has 0 spiro atoms. The quantitative estimate of drug-likeness (QED) is 0.425. The van der Waals surface area contributed by atoms with E-state index < -0.39 is 0 Å². The van der Waals surface area contributed by atoms with Crippen molar-refractivity contribution in [1.29, 1.82) is 0 Å². The van der Waals surface area contributed by atoms with E-state index in [-0.39, 0.29) is 11.7 Å². The number of allylic oxidation sites excluding steroid dienone is 6. The van der Waals surface area contributed by atoms with Gasteiger partial charge >= 0.3 is 0 Å². The zero-order valence-electron chi connectivity index (χ0n) is 13.8. The van der Waals surface area contributed by atoms with Crippen LogP contribution in [0.4, 0.5) is 0 Å². The zero-order chi connectivity index (χ0) is 17.5. The van der Waals surface area contributed by atoms with Crippen LogP contribution in [0, 0.1) is 5.92 Å². The number of carbonyl (C=O) groups excluding carboxylic acids is 1. The lowest BCUT2D eigenvalue weighted by atomic mass is 9.97. The number of thiocarbonyl (C=S) groups is 1. The van der Waals surface area contributed by atoms with E-state index in [1.54, 1.807) is 50.7 Å². The van der Waals surface area contributed by atoms with Gasteiger partial charge in [0.25, 0.3) is 0 Å². The summed E-state index contributed by atoms with van der Waals surface area (Å²) >= 11 is 5.05. The lowest BCUT2D eigenvalue weighted by molar-refractivity contribution is -0.115. The van der Waals surface area contributed by atoms with Crippen LogP contribution in [0.1, 0.15) is 11.1 Å². The molecule has 0 heterocycles. The van der Waals surface area contributed by atoms with Gasteiger partial charge in [0.1, 0.15) is 11.5 Å². The van der Waals surface area contributed by atoms with E-state index in [1.807, 2.05) is 18.2 Å². The fourth-order valence-electron chi connectivity index (χ4n) is 2.50. The molecule has 0 unspecified atom stereocenters. The Kier molecular flexibility index (Phi) is 6.27. The van der Waals surface area contributed by atoms with Gasteiger partial charge in [-0.1, -0.05) is 36.5 Å². The average Bonchev–Trinajstić information content (AvgIpc) is 2.60. The second-order valence-corrected chi connectivity index (χ2v) is 5.72. The first-order valence-electron chi connectivity index (χ1n) is 7.57. The molecular formula is C20H20O3S. The Bertz CT molecular complexity index is 725. The van der Waals surface area contributed by atoms with Crippen LogP contribution < -0.4 is 9.47 Å². The molecule has 0 aromatic heterocycles. The lowest BCUT2D eigenvalue weighted by Gasteiger charge is -2.14. The van der Waals surface area contributed by atoms with Crippen LogP contribution in [-0.2, 0) is 11.2 Å². The molecule has 4 heteroatoms.